The molecule has 100 valence electrons. The highest BCUT2D eigenvalue weighted by atomic mass is 16.2. The summed E-state index contributed by atoms with van der Waals surface area (Å²) in [5.74, 6) is 0.129. The molecule has 0 bridgehead atoms. The van der Waals surface area contributed by atoms with Crippen LogP contribution in [-0.2, 0) is 17.8 Å². The molecule has 1 amide bonds. The van der Waals surface area contributed by atoms with Crippen molar-refractivity contribution in [3.8, 4) is 0 Å². The zero-order valence-corrected chi connectivity index (χ0v) is 11.1. The molecular formula is C13H17N5O. The normalized spacial score (nSPS) is 16.2. The number of carbonyl (C=O) groups excluding carboxylic acids is 1. The molecule has 0 saturated heterocycles. The number of aromatic nitrogens is 4. The Labute approximate surface area is 111 Å². The molecule has 1 N–H and O–H groups in total. The van der Waals surface area contributed by atoms with Crippen molar-refractivity contribution in [3.63, 3.8) is 0 Å². The number of rotatable bonds is 2. The summed E-state index contributed by atoms with van der Waals surface area (Å²) in [6.07, 6.45) is 6.02. The molecule has 19 heavy (non-hydrogen) atoms. The van der Waals surface area contributed by atoms with Crippen LogP contribution in [0.3, 0.4) is 0 Å². The van der Waals surface area contributed by atoms with E-state index in [9.17, 15) is 4.79 Å². The minimum atomic E-state index is -0.212. The first-order valence-corrected chi connectivity index (χ1v) is 6.45. The van der Waals surface area contributed by atoms with Crippen molar-refractivity contribution in [2.75, 3.05) is 6.54 Å². The van der Waals surface area contributed by atoms with Crippen LogP contribution in [0.5, 0.6) is 0 Å². The van der Waals surface area contributed by atoms with Gasteiger partial charge in [0.05, 0.1) is 12.0 Å². The van der Waals surface area contributed by atoms with Crippen LogP contribution in [0.4, 0.5) is 0 Å². The molecule has 0 aliphatic carbocycles. The summed E-state index contributed by atoms with van der Waals surface area (Å²) >= 11 is 0. The topological polar surface area (TPSA) is 66.8 Å². The highest BCUT2D eigenvalue weighted by molar-refractivity contribution is 5.80. The molecule has 1 atom stereocenters. The Balaban J connectivity index is 1.77. The molecule has 2 aromatic heterocycles. The van der Waals surface area contributed by atoms with Gasteiger partial charge in [0.2, 0.25) is 5.91 Å². The molecule has 6 nitrogen and oxygen atoms in total. The fourth-order valence-electron chi connectivity index (χ4n) is 2.51. The Morgan fingerprint density at radius 3 is 3.11 bits per heavy atom. The number of hydrogen-bond acceptors (Lipinski definition) is 3. The molecular weight excluding hydrogens is 242 g/mol. The van der Waals surface area contributed by atoms with Gasteiger partial charge in [-0.15, -0.1) is 0 Å². The Morgan fingerprint density at radius 1 is 1.53 bits per heavy atom. The summed E-state index contributed by atoms with van der Waals surface area (Å²) < 4.78 is 1.83. The van der Waals surface area contributed by atoms with Crippen molar-refractivity contribution in [1.82, 2.24) is 24.6 Å². The number of fused-ring (bicyclic) bond motifs is 1. The van der Waals surface area contributed by atoms with E-state index < -0.39 is 0 Å². The van der Waals surface area contributed by atoms with E-state index in [1.165, 1.54) is 0 Å². The van der Waals surface area contributed by atoms with Crippen LogP contribution in [0.25, 0.3) is 0 Å². The van der Waals surface area contributed by atoms with Gasteiger partial charge in [-0.25, -0.2) is 4.98 Å². The minimum absolute atomic E-state index is 0.129. The lowest BCUT2D eigenvalue weighted by Gasteiger charge is -2.29. The third-order valence-electron chi connectivity index (χ3n) is 3.77. The average molecular weight is 259 g/mol. The predicted octanol–water partition coefficient (Wildman–Crippen LogP) is 1.06. The number of imidazole rings is 1. The Morgan fingerprint density at radius 2 is 2.37 bits per heavy atom. The molecule has 0 aromatic carbocycles. The second-order valence-corrected chi connectivity index (χ2v) is 4.97. The van der Waals surface area contributed by atoms with Gasteiger partial charge >= 0.3 is 0 Å². The van der Waals surface area contributed by atoms with Crippen molar-refractivity contribution in [1.29, 1.82) is 0 Å². The maximum Gasteiger partial charge on any atom is 0.245 e. The minimum Gasteiger partial charge on any atom is -0.336 e. The summed E-state index contributed by atoms with van der Waals surface area (Å²) in [5, 5.41) is 7.26. The van der Waals surface area contributed by atoms with E-state index in [4.69, 9.17) is 0 Å². The molecule has 6 heteroatoms. The molecule has 0 fully saturated rings. The molecule has 0 spiro atoms. The molecule has 3 rings (SSSR count). The zero-order valence-electron chi connectivity index (χ0n) is 11.1. The van der Waals surface area contributed by atoms with E-state index in [1.807, 2.05) is 29.5 Å². The number of aryl methyl sites for hydroxylation is 1. The number of hydrogen-bond donors (Lipinski definition) is 1. The van der Waals surface area contributed by atoms with Crippen LogP contribution in [0.15, 0.2) is 18.7 Å². The van der Waals surface area contributed by atoms with Gasteiger partial charge in [0.15, 0.2) is 0 Å². The predicted molar refractivity (Wildman–Crippen MR) is 69.4 cm³/mol. The number of amides is 1. The monoisotopic (exact) mass is 259 g/mol. The van der Waals surface area contributed by atoms with Gasteiger partial charge in [-0.2, -0.15) is 5.10 Å². The van der Waals surface area contributed by atoms with E-state index >= 15 is 0 Å². The highest BCUT2D eigenvalue weighted by Gasteiger charge is 2.27. The van der Waals surface area contributed by atoms with Crippen LogP contribution in [0.2, 0.25) is 0 Å². The van der Waals surface area contributed by atoms with Crippen molar-refractivity contribution >= 4 is 5.91 Å². The molecule has 0 saturated carbocycles. The van der Waals surface area contributed by atoms with Crippen LogP contribution < -0.4 is 0 Å². The zero-order chi connectivity index (χ0) is 13.4. The van der Waals surface area contributed by atoms with Crippen molar-refractivity contribution < 1.29 is 4.79 Å². The Kier molecular flexibility index (Phi) is 2.85. The second kappa shape index (κ2) is 4.53. The first-order valence-electron chi connectivity index (χ1n) is 6.45. The summed E-state index contributed by atoms with van der Waals surface area (Å²) in [6.45, 7) is 5.28. The third-order valence-corrected chi connectivity index (χ3v) is 3.77. The summed E-state index contributed by atoms with van der Waals surface area (Å²) in [5.41, 5.74) is 3.32. The van der Waals surface area contributed by atoms with Gasteiger partial charge < -0.3 is 9.47 Å². The molecule has 1 aliphatic heterocycles. The molecule has 2 aromatic rings. The molecule has 0 unspecified atom stereocenters. The molecule has 0 radical (unpaired) electrons. The second-order valence-electron chi connectivity index (χ2n) is 4.97. The van der Waals surface area contributed by atoms with Gasteiger partial charge in [0.25, 0.3) is 0 Å². The molecule has 1 aliphatic rings. The van der Waals surface area contributed by atoms with E-state index in [0.717, 1.165) is 29.9 Å². The summed E-state index contributed by atoms with van der Waals surface area (Å²) in [7, 11) is 0. The van der Waals surface area contributed by atoms with Gasteiger partial charge in [0.1, 0.15) is 6.04 Å². The van der Waals surface area contributed by atoms with Gasteiger partial charge in [0, 0.05) is 43.2 Å². The quantitative estimate of drug-likeness (QED) is 0.877. The van der Waals surface area contributed by atoms with E-state index in [-0.39, 0.29) is 11.9 Å². The van der Waals surface area contributed by atoms with E-state index in [0.29, 0.717) is 6.54 Å². The average Bonchev–Trinajstić information content (AvgIpc) is 3.07. The van der Waals surface area contributed by atoms with E-state index in [1.54, 1.807) is 12.5 Å². The van der Waals surface area contributed by atoms with Crippen molar-refractivity contribution in [3.05, 3.63) is 35.7 Å². The van der Waals surface area contributed by atoms with Crippen LogP contribution >= 0.6 is 0 Å². The first-order chi connectivity index (χ1) is 9.16. The first kappa shape index (κ1) is 12.0. The fourth-order valence-corrected chi connectivity index (χ4v) is 2.51. The van der Waals surface area contributed by atoms with E-state index in [2.05, 4.69) is 15.2 Å². The fraction of sp³-hybridized carbons (Fsp3) is 0.462. The van der Waals surface area contributed by atoms with Crippen LogP contribution in [-0.4, -0.2) is 37.1 Å². The lowest BCUT2D eigenvalue weighted by atomic mass is 10.1. The summed E-state index contributed by atoms with van der Waals surface area (Å²) in [4.78, 5) is 18.4. The van der Waals surface area contributed by atoms with Gasteiger partial charge in [-0.1, -0.05) is 0 Å². The lowest BCUT2D eigenvalue weighted by Crippen LogP contribution is -2.39. The number of aromatic amines is 1. The molecule has 3 heterocycles. The Bertz CT molecular complexity index is 586. The van der Waals surface area contributed by atoms with Crippen LogP contribution in [0, 0.1) is 6.92 Å². The highest BCUT2D eigenvalue weighted by Crippen LogP contribution is 2.22. The SMILES string of the molecule is Cc1[nH]nc2c1CN(C(=O)[C@@H](C)n1ccnc1)CC2. The number of carbonyl (C=O) groups is 1. The standard InChI is InChI=1S/C13H17N5O/c1-9-11-7-17(5-3-12(11)16-15-9)13(19)10(2)18-6-4-14-8-18/h4,6,8,10H,3,5,7H2,1-2H3,(H,15,16)/t10-/m1/s1. The maximum atomic E-state index is 12.5. The van der Waals surface area contributed by atoms with Crippen molar-refractivity contribution in [2.45, 2.75) is 32.9 Å². The number of H-pyrrole nitrogens is 1. The largest absolute Gasteiger partial charge is 0.336 e. The smallest absolute Gasteiger partial charge is 0.245 e. The maximum absolute atomic E-state index is 12.5. The van der Waals surface area contributed by atoms with Crippen LogP contribution in [0.1, 0.15) is 29.9 Å². The van der Waals surface area contributed by atoms with Crippen molar-refractivity contribution in [2.24, 2.45) is 0 Å². The Hall–Kier alpha value is -2.11. The number of nitrogens with zero attached hydrogens (tertiary/aromatic N) is 4. The summed E-state index contributed by atoms with van der Waals surface area (Å²) in [6, 6.07) is -0.212. The third kappa shape index (κ3) is 2.03. The number of nitrogens with one attached hydrogen (secondary N) is 1. The van der Waals surface area contributed by atoms with Gasteiger partial charge in [-0.3, -0.25) is 9.89 Å². The van der Waals surface area contributed by atoms with Gasteiger partial charge in [-0.05, 0) is 13.8 Å². The lowest BCUT2D eigenvalue weighted by molar-refractivity contribution is -0.135.